The molecule has 0 aromatic rings. The van der Waals surface area contributed by atoms with Gasteiger partial charge in [0, 0.05) is 12.8 Å². The first-order valence-corrected chi connectivity index (χ1v) is 22.6. The van der Waals surface area contributed by atoms with Gasteiger partial charge in [0.05, 0.1) is 25.9 Å². The van der Waals surface area contributed by atoms with Crippen molar-refractivity contribution in [1.29, 1.82) is 0 Å². The maximum Gasteiger partial charge on any atom is 0.472 e. The fraction of sp³-hybridized carbons (Fsp3) is 0.767. The molecule has 5 atom stereocenters. The molecule has 55 heavy (non-hydrogen) atoms. The standard InChI is InChI=1S/C43H77O11P/c1-4-38(3)30-26-22-18-14-12-13-16-20-24-28-32-42(47)51-36-41(37-53-55(49,50)52-35-40(46)34-44)54-43(48)33-29-25-21-17-11-9-7-6-8-10-15-19-23-27-31-39(45)5-2/h7-10,17,19,21,23,38-41,44-46H,4-6,11-16,18,20,22,24-37H2,1-3H3,(H,49,50)/b9-7-,10-8-,21-17-,23-19-/t38?,39-,40+,41-/m1/s1. The van der Waals surface area contributed by atoms with Crippen LogP contribution >= 0.6 is 7.82 Å². The molecule has 0 aliphatic rings. The van der Waals surface area contributed by atoms with Crippen molar-refractivity contribution in [2.24, 2.45) is 5.92 Å². The summed E-state index contributed by atoms with van der Waals surface area (Å²) in [5.74, 6) is -0.176. The van der Waals surface area contributed by atoms with Crippen molar-refractivity contribution in [3.05, 3.63) is 48.6 Å². The van der Waals surface area contributed by atoms with E-state index in [4.69, 9.17) is 19.1 Å². The average molecular weight is 801 g/mol. The molecule has 0 heterocycles. The number of allylic oxidation sites excluding steroid dienone is 8. The van der Waals surface area contributed by atoms with Gasteiger partial charge >= 0.3 is 19.8 Å². The van der Waals surface area contributed by atoms with Gasteiger partial charge in [-0.05, 0) is 63.7 Å². The van der Waals surface area contributed by atoms with E-state index in [1.165, 1.54) is 51.4 Å². The van der Waals surface area contributed by atoms with Crippen LogP contribution in [0, 0.1) is 5.92 Å². The van der Waals surface area contributed by atoms with Gasteiger partial charge in [0.2, 0.25) is 0 Å². The molecule has 0 aromatic heterocycles. The lowest BCUT2D eigenvalue weighted by Crippen LogP contribution is -2.29. The van der Waals surface area contributed by atoms with Gasteiger partial charge < -0.3 is 29.7 Å². The molecule has 4 N–H and O–H groups in total. The van der Waals surface area contributed by atoms with E-state index < -0.39 is 51.8 Å². The zero-order chi connectivity index (χ0) is 40.8. The first kappa shape index (κ1) is 52.9. The van der Waals surface area contributed by atoms with Crippen molar-refractivity contribution in [3.8, 4) is 0 Å². The maximum atomic E-state index is 12.6. The molecule has 0 rings (SSSR count). The molecule has 0 fully saturated rings. The average Bonchev–Trinajstić information content (AvgIpc) is 3.17. The molecule has 12 heteroatoms. The molecule has 0 saturated carbocycles. The number of esters is 2. The second kappa shape index (κ2) is 37.5. The van der Waals surface area contributed by atoms with Gasteiger partial charge in [0.25, 0.3) is 0 Å². The summed E-state index contributed by atoms with van der Waals surface area (Å²) in [4.78, 5) is 34.9. The van der Waals surface area contributed by atoms with Crippen LogP contribution in [0.1, 0.15) is 162 Å². The molecule has 320 valence electrons. The number of carbonyl (C=O) groups is 2. The van der Waals surface area contributed by atoms with Crippen LogP contribution in [0.2, 0.25) is 0 Å². The topological polar surface area (TPSA) is 169 Å². The van der Waals surface area contributed by atoms with E-state index in [9.17, 15) is 29.3 Å². The third-order valence-electron chi connectivity index (χ3n) is 9.19. The van der Waals surface area contributed by atoms with Gasteiger partial charge in [-0.25, -0.2) is 4.57 Å². The minimum Gasteiger partial charge on any atom is -0.462 e. The monoisotopic (exact) mass is 801 g/mol. The minimum absolute atomic E-state index is 0.0945. The van der Waals surface area contributed by atoms with Crippen LogP contribution in [0.4, 0.5) is 0 Å². The second-order valence-corrected chi connectivity index (χ2v) is 15.9. The highest BCUT2D eigenvalue weighted by Crippen LogP contribution is 2.43. The third kappa shape index (κ3) is 37.2. The fourth-order valence-electron chi connectivity index (χ4n) is 5.35. The number of ether oxygens (including phenoxy) is 2. The van der Waals surface area contributed by atoms with E-state index in [-0.39, 0.29) is 25.6 Å². The Kier molecular flexibility index (Phi) is 36.0. The number of phosphoric ester groups is 1. The number of rotatable bonds is 38. The Morgan fingerprint density at radius 2 is 1.11 bits per heavy atom. The highest BCUT2D eigenvalue weighted by molar-refractivity contribution is 7.47. The lowest BCUT2D eigenvalue weighted by Gasteiger charge is -2.20. The summed E-state index contributed by atoms with van der Waals surface area (Å²) >= 11 is 0. The molecule has 0 aromatic carbocycles. The van der Waals surface area contributed by atoms with Gasteiger partial charge in [0.15, 0.2) is 6.10 Å². The number of hydrogen-bond acceptors (Lipinski definition) is 10. The molecular formula is C43H77O11P. The lowest BCUT2D eigenvalue weighted by molar-refractivity contribution is -0.161. The van der Waals surface area contributed by atoms with E-state index in [0.717, 1.165) is 63.7 Å². The SMILES string of the molecule is CCC(C)CCCCCCCCCCCCC(=O)OC[C@H](COP(=O)(O)OC[C@@H](O)CO)OC(=O)CCC/C=C\C/C=C\C/C=C\C/C=C\CC[C@H](O)CC. The Balaban J connectivity index is 4.44. The Labute approximate surface area is 333 Å². The second-order valence-electron chi connectivity index (χ2n) is 14.4. The zero-order valence-corrected chi connectivity index (χ0v) is 35.3. The first-order valence-electron chi connectivity index (χ1n) is 21.1. The Bertz CT molecular complexity index is 1090. The third-order valence-corrected chi connectivity index (χ3v) is 10.1. The number of unbranched alkanes of at least 4 members (excludes halogenated alkanes) is 10. The Morgan fingerprint density at radius 1 is 0.600 bits per heavy atom. The van der Waals surface area contributed by atoms with E-state index in [0.29, 0.717) is 19.3 Å². The van der Waals surface area contributed by atoms with Gasteiger partial charge in [-0.15, -0.1) is 0 Å². The van der Waals surface area contributed by atoms with Crippen molar-refractivity contribution in [2.75, 3.05) is 26.4 Å². The molecule has 0 saturated heterocycles. The van der Waals surface area contributed by atoms with Crippen LogP contribution < -0.4 is 0 Å². The van der Waals surface area contributed by atoms with Crippen LogP contribution in [0.3, 0.4) is 0 Å². The van der Waals surface area contributed by atoms with Gasteiger partial charge in [-0.2, -0.15) is 0 Å². The highest BCUT2D eigenvalue weighted by atomic mass is 31.2. The van der Waals surface area contributed by atoms with Gasteiger partial charge in [-0.1, -0.05) is 140 Å². The summed E-state index contributed by atoms with van der Waals surface area (Å²) in [6.07, 6.45) is 34.6. The Morgan fingerprint density at radius 3 is 1.67 bits per heavy atom. The fourth-order valence-corrected chi connectivity index (χ4v) is 6.14. The zero-order valence-electron chi connectivity index (χ0n) is 34.4. The normalized spacial score (nSPS) is 15.5. The van der Waals surface area contributed by atoms with Gasteiger partial charge in [-0.3, -0.25) is 18.6 Å². The highest BCUT2D eigenvalue weighted by Gasteiger charge is 2.27. The van der Waals surface area contributed by atoms with Crippen LogP contribution in [-0.2, 0) is 32.7 Å². The van der Waals surface area contributed by atoms with Crippen molar-refractivity contribution < 1.29 is 52.9 Å². The van der Waals surface area contributed by atoms with E-state index >= 15 is 0 Å². The molecule has 0 radical (unpaired) electrons. The molecule has 0 amide bonds. The van der Waals surface area contributed by atoms with Crippen LogP contribution in [-0.4, -0.2) is 76.9 Å². The number of aliphatic hydroxyl groups is 3. The molecule has 0 aliphatic carbocycles. The first-order chi connectivity index (χ1) is 26.5. The van der Waals surface area contributed by atoms with Gasteiger partial charge in [0.1, 0.15) is 12.7 Å². The van der Waals surface area contributed by atoms with E-state index in [1.54, 1.807) is 0 Å². The largest absolute Gasteiger partial charge is 0.472 e. The molecule has 0 bridgehead atoms. The molecule has 0 aliphatic heterocycles. The summed E-state index contributed by atoms with van der Waals surface area (Å²) in [6.45, 7) is 4.35. The number of aliphatic hydroxyl groups excluding tert-OH is 3. The summed E-state index contributed by atoms with van der Waals surface area (Å²) in [5.41, 5.74) is 0. The minimum atomic E-state index is -4.64. The lowest BCUT2D eigenvalue weighted by atomic mass is 9.99. The Hall–Kier alpha value is -2.11. The quantitative estimate of drug-likeness (QED) is 0.0203. The smallest absolute Gasteiger partial charge is 0.462 e. The predicted molar refractivity (Wildman–Crippen MR) is 220 cm³/mol. The maximum absolute atomic E-state index is 12.6. The summed E-state index contributed by atoms with van der Waals surface area (Å²) in [5, 5.41) is 27.9. The molecule has 11 nitrogen and oxygen atoms in total. The van der Waals surface area contributed by atoms with Crippen LogP contribution in [0.15, 0.2) is 48.6 Å². The summed E-state index contributed by atoms with van der Waals surface area (Å²) in [6, 6.07) is 0. The van der Waals surface area contributed by atoms with E-state index in [2.05, 4.69) is 54.8 Å². The van der Waals surface area contributed by atoms with Crippen LogP contribution in [0.5, 0.6) is 0 Å². The summed E-state index contributed by atoms with van der Waals surface area (Å²) < 4.78 is 32.6. The molecular weight excluding hydrogens is 723 g/mol. The van der Waals surface area contributed by atoms with Crippen molar-refractivity contribution in [1.82, 2.24) is 0 Å². The molecule has 0 spiro atoms. The number of hydrogen-bond donors (Lipinski definition) is 4. The van der Waals surface area contributed by atoms with Crippen LogP contribution in [0.25, 0.3) is 0 Å². The van der Waals surface area contributed by atoms with Crippen molar-refractivity contribution >= 4 is 19.8 Å². The molecule has 2 unspecified atom stereocenters. The number of phosphoric acid groups is 1. The van der Waals surface area contributed by atoms with E-state index in [1.807, 2.05) is 19.1 Å². The van der Waals surface area contributed by atoms with Crippen molar-refractivity contribution in [3.63, 3.8) is 0 Å². The summed E-state index contributed by atoms with van der Waals surface area (Å²) in [7, 11) is -4.64. The predicted octanol–water partition coefficient (Wildman–Crippen LogP) is 9.77. The van der Waals surface area contributed by atoms with Crippen molar-refractivity contribution in [2.45, 2.75) is 180 Å². The number of carbonyl (C=O) groups excluding carboxylic acids is 2.